The van der Waals surface area contributed by atoms with E-state index in [-0.39, 0.29) is 6.92 Å². The maximum atomic E-state index is 12.9. The lowest BCUT2D eigenvalue weighted by Gasteiger charge is -2.36. The van der Waals surface area contributed by atoms with Crippen LogP contribution in [0.5, 0.6) is 5.75 Å². The summed E-state index contributed by atoms with van der Waals surface area (Å²) in [4.78, 5) is 2.24. The molecule has 0 spiro atoms. The second kappa shape index (κ2) is 50.7. The second-order valence-corrected chi connectivity index (χ2v) is 27.8. The van der Waals surface area contributed by atoms with Gasteiger partial charge in [0.2, 0.25) is 5.67 Å². The fourth-order valence-electron chi connectivity index (χ4n) is 8.67. The van der Waals surface area contributed by atoms with Gasteiger partial charge in [0, 0.05) is 61.1 Å². The molecule has 10 aliphatic rings. The summed E-state index contributed by atoms with van der Waals surface area (Å²) in [5.74, 6) is -9.89. The first-order valence-electron chi connectivity index (χ1n) is 36.3. The van der Waals surface area contributed by atoms with Gasteiger partial charge >= 0.3 is 17.9 Å². The molecule has 0 aromatic heterocycles. The van der Waals surface area contributed by atoms with E-state index in [2.05, 4.69) is 198 Å². The van der Waals surface area contributed by atoms with Crippen LogP contribution in [0.25, 0.3) is 12.2 Å². The monoisotopic (exact) mass is 1510 g/mol. The number of rotatable bonds is 4. The first-order chi connectivity index (χ1) is 49.9. The van der Waals surface area contributed by atoms with E-state index in [0.717, 1.165) is 103 Å². The van der Waals surface area contributed by atoms with Crippen LogP contribution < -0.4 is 9.64 Å². The molecule has 8 fully saturated rings. The van der Waals surface area contributed by atoms with Gasteiger partial charge in [-0.3, -0.25) is 0 Å². The zero-order chi connectivity index (χ0) is 80.4. The van der Waals surface area contributed by atoms with Crippen LogP contribution in [-0.2, 0) is 47.8 Å². The molecule has 0 radical (unpaired) electrons. The SMILES string of the molecule is C#CC.C=CC.C=Cc1c(F)c(F)c(C)c(F)c1F.C=Cc1ccc(C)cc1.CC(F)=C(F)F.CC1(F)C(F)(F)C1(F)F.CC1CC1.CC1COC1.CCC1(C)COC1.C[C@@H]1CCCO1.C[C@@H]1CCOC1.C[C@H]1CCO1.C[C@H]1CO1.Cc1ccc2c(c1)CC2.Cc1ccc2c(c1)CN(c1ccccc1)CO2. The molecular formula is C86H119F12NO7. The largest absolute Gasteiger partial charge is 0.473 e. The van der Waals surface area contributed by atoms with Crippen LogP contribution >= 0.6 is 0 Å². The summed E-state index contributed by atoms with van der Waals surface area (Å²) >= 11 is 0. The van der Waals surface area contributed by atoms with E-state index < -0.39 is 63.8 Å². The van der Waals surface area contributed by atoms with E-state index in [9.17, 15) is 52.7 Å². The van der Waals surface area contributed by atoms with Crippen molar-refractivity contribution in [2.75, 3.05) is 71.1 Å². The third-order valence-electron chi connectivity index (χ3n) is 17.1. The maximum absolute atomic E-state index is 12.9. The van der Waals surface area contributed by atoms with Crippen molar-refractivity contribution >= 4 is 17.8 Å². The van der Waals surface area contributed by atoms with Crippen LogP contribution in [0.3, 0.4) is 0 Å². The van der Waals surface area contributed by atoms with Crippen LogP contribution in [0.4, 0.5) is 58.4 Å². The number of fused-ring (bicyclic) bond motifs is 2. The van der Waals surface area contributed by atoms with E-state index in [1.54, 1.807) is 24.1 Å². The first kappa shape index (κ1) is 97.2. The highest BCUT2D eigenvalue weighted by molar-refractivity contribution is 5.52. The van der Waals surface area contributed by atoms with Crippen molar-refractivity contribution in [3.05, 3.63) is 202 Å². The summed E-state index contributed by atoms with van der Waals surface area (Å²) in [6.45, 7) is 49.6. The van der Waals surface area contributed by atoms with Crippen LogP contribution in [0, 0.1) is 86.5 Å². The normalized spacial score (nSPS) is 20.1. The number of aryl methyl sites for hydroxylation is 5. The predicted molar refractivity (Wildman–Crippen MR) is 408 cm³/mol. The molecule has 4 atom stereocenters. The minimum atomic E-state index is -4.46. The Hall–Kier alpha value is -6.86. The third kappa shape index (κ3) is 37.3. The molecule has 0 N–H and O–H groups in total. The Morgan fingerprint density at radius 2 is 1.03 bits per heavy atom. The van der Waals surface area contributed by atoms with E-state index in [1.165, 1.54) is 91.3 Å². The third-order valence-corrected chi connectivity index (χ3v) is 17.1. The molecule has 8 nitrogen and oxygen atoms in total. The topological polar surface area (TPSA) is 71.2 Å². The van der Waals surface area contributed by atoms with Gasteiger partial charge in [-0.25, -0.2) is 26.3 Å². The summed E-state index contributed by atoms with van der Waals surface area (Å²) in [5.41, 5.74) is 6.22. The molecule has 6 saturated heterocycles. The van der Waals surface area contributed by atoms with Gasteiger partial charge in [0.25, 0.3) is 0 Å². The minimum Gasteiger partial charge on any atom is -0.473 e. The number of alkyl halides is 5. The Morgan fingerprint density at radius 3 is 1.28 bits per heavy atom. The van der Waals surface area contributed by atoms with Crippen molar-refractivity contribution in [2.24, 2.45) is 23.2 Å². The summed E-state index contributed by atoms with van der Waals surface area (Å²) in [7, 11) is 0. The Bertz CT molecular complexity index is 3230. The van der Waals surface area contributed by atoms with E-state index >= 15 is 0 Å². The molecule has 7 heterocycles. The van der Waals surface area contributed by atoms with Gasteiger partial charge in [-0.2, -0.15) is 26.3 Å². The molecule has 594 valence electrons. The molecule has 2 saturated carbocycles. The zero-order valence-corrected chi connectivity index (χ0v) is 65.5. The lowest BCUT2D eigenvalue weighted by Crippen LogP contribution is -2.38. The summed E-state index contributed by atoms with van der Waals surface area (Å²) < 4.78 is 177. The molecule has 7 aliphatic heterocycles. The average molecular weight is 1510 g/mol. The van der Waals surface area contributed by atoms with Crippen molar-refractivity contribution in [2.45, 2.75) is 211 Å². The molecule has 5 aromatic rings. The van der Waals surface area contributed by atoms with Crippen LogP contribution in [-0.4, -0.2) is 102 Å². The number of benzene rings is 5. The van der Waals surface area contributed by atoms with Crippen molar-refractivity contribution in [1.29, 1.82) is 0 Å². The highest BCUT2D eigenvalue weighted by Gasteiger charge is 2.96. The van der Waals surface area contributed by atoms with Gasteiger partial charge in [-0.1, -0.05) is 168 Å². The van der Waals surface area contributed by atoms with Crippen molar-refractivity contribution in [3.63, 3.8) is 0 Å². The fraction of sp³-hybridized carbons (Fsp3) is 0.535. The number of nitrogens with zero attached hydrogens (tertiary/aromatic N) is 1. The number of allylic oxidation sites excluding steroid dienone is 2. The van der Waals surface area contributed by atoms with Crippen molar-refractivity contribution in [3.8, 4) is 18.1 Å². The highest BCUT2D eigenvalue weighted by atomic mass is 19.3. The number of hydrogen-bond donors (Lipinski definition) is 0. The highest BCUT2D eigenvalue weighted by Crippen LogP contribution is 2.67. The van der Waals surface area contributed by atoms with Crippen LogP contribution in [0.1, 0.15) is 178 Å². The van der Waals surface area contributed by atoms with Gasteiger partial charge in [-0.15, -0.1) is 18.9 Å². The second-order valence-electron chi connectivity index (χ2n) is 27.8. The molecule has 0 unspecified atom stereocenters. The van der Waals surface area contributed by atoms with Crippen LogP contribution in [0.2, 0.25) is 0 Å². The number of terminal acetylenes is 1. The summed E-state index contributed by atoms with van der Waals surface area (Å²) in [6, 6.07) is 31.7. The first-order valence-corrected chi connectivity index (χ1v) is 36.3. The number of anilines is 1. The van der Waals surface area contributed by atoms with Gasteiger partial charge in [0.1, 0.15) is 5.75 Å². The van der Waals surface area contributed by atoms with Gasteiger partial charge in [0.05, 0.1) is 56.9 Å². The smallest absolute Gasteiger partial charge is 0.352 e. The Kier molecular flexibility index (Phi) is 46.5. The number of epoxide rings is 1. The molecule has 106 heavy (non-hydrogen) atoms. The predicted octanol–water partition coefficient (Wildman–Crippen LogP) is 24.1. The molecule has 5 aromatic carbocycles. The van der Waals surface area contributed by atoms with E-state index in [1.807, 2.05) is 19.1 Å². The lowest BCUT2D eigenvalue weighted by atomic mass is 9.86. The molecule has 15 rings (SSSR count). The zero-order valence-electron chi connectivity index (χ0n) is 65.5. The Labute approximate surface area is 626 Å². The molecule has 0 bridgehead atoms. The fourth-order valence-corrected chi connectivity index (χ4v) is 8.67. The van der Waals surface area contributed by atoms with Gasteiger partial charge < -0.3 is 38.1 Å². The Balaban J connectivity index is 0.000000582. The minimum absolute atomic E-state index is 0.188. The molecule has 20 heteroatoms. The summed E-state index contributed by atoms with van der Waals surface area (Å²) in [5, 5.41) is 0. The van der Waals surface area contributed by atoms with Crippen LogP contribution in [0.15, 0.2) is 129 Å². The van der Waals surface area contributed by atoms with Crippen molar-refractivity contribution < 1.29 is 85.8 Å². The average Bonchev–Trinajstić information content (AvgIpc) is 1.51. The van der Waals surface area contributed by atoms with Gasteiger partial charge in [0.15, 0.2) is 35.8 Å². The number of ether oxygens (including phenoxy) is 7. The number of halogens is 12. The molecule has 0 amide bonds. The Morgan fingerprint density at radius 1 is 0.575 bits per heavy atom. The summed E-state index contributed by atoms with van der Waals surface area (Å²) in [6.07, 6.45) is 20.3. The van der Waals surface area contributed by atoms with Gasteiger partial charge in [-0.05, 0) is 168 Å². The standard InChI is InChI=1S/C15H15NO.C9H6F4.2C9H10.C6H12O.2C5H10O.C4H3F5.2C4H8O.C4H8.C3H3F3.C3H6O.C3H6.C3H4/c1-12-7-8-15-13(9-12)10-16(11-17-15)14-5-3-2-4-6-14;1-3-5-8(12)6(10)4(2)7(11)9(5)13;1-7-2-3-8-4-5-9(8)6-7;1-3-9-6-4-8(2)5-7-9;1-3-6(2)4-7-5-6;1-5-2-3-6-4-5;1-5-3-2-4-6-5;1-2(5)3(6,7)4(2,8)9;1-4-2-5-3-4;1-4-2-3-5-4;1-4-2-3-4;1-2(4)3(5)6;1-3-2-4-3;2*1-3-2/h2-9H,10-11H2,1H3;3H,1H2,2H3;2-3,6H,4-5H2,1H3;3-7H,1H2,2H3;3-5H2,1-2H3;2*5H,2-4H2,1H3;1H3;2*4H,2-3H2,1H3;4H,2-3H2,1H3;1H3;3H,2H2,1H3;3H,1H2,2H3;1H,2H3/t;;;;;2*5-;;;4-;;;3-;;/m.....11..0..0../s1. The maximum Gasteiger partial charge on any atom is 0.352 e. The quantitative estimate of drug-likeness (QED) is 0.0580. The molecular weight excluding hydrogens is 1390 g/mol. The van der Waals surface area contributed by atoms with E-state index in [4.69, 9.17) is 33.2 Å². The molecule has 3 aliphatic carbocycles. The van der Waals surface area contributed by atoms with Crippen molar-refractivity contribution in [1.82, 2.24) is 0 Å². The lowest BCUT2D eigenvalue weighted by molar-refractivity contribution is -0.103. The number of hydrogen-bond acceptors (Lipinski definition) is 8. The number of para-hydroxylation sites is 1. The van der Waals surface area contributed by atoms with E-state index in [0.29, 0.717) is 37.4 Å².